The molecule has 1 amide bonds. The Labute approximate surface area is 198 Å². The molecule has 5 rings (SSSR count). The molecule has 1 aliphatic rings. The minimum Gasteiger partial charge on any atom is -0.494 e. The molecule has 2 aromatic heterocycles. The number of carbonyl (C=O) groups excluding carboxylic acids is 1. The summed E-state index contributed by atoms with van der Waals surface area (Å²) in [6, 6.07) is 10.2. The van der Waals surface area contributed by atoms with Crippen molar-refractivity contribution in [2.45, 2.75) is 39.2 Å². The van der Waals surface area contributed by atoms with E-state index in [1.54, 1.807) is 6.92 Å². The summed E-state index contributed by atoms with van der Waals surface area (Å²) in [6.07, 6.45) is 3.09. The molecule has 0 N–H and O–H groups in total. The quantitative estimate of drug-likeness (QED) is 0.330. The lowest BCUT2D eigenvalue weighted by Crippen LogP contribution is -2.29. The molecule has 0 saturated carbocycles. The molecule has 9 heteroatoms. The Morgan fingerprint density at radius 2 is 2.00 bits per heavy atom. The number of hydrogen-bond acceptors (Lipinski definition) is 7. The van der Waals surface area contributed by atoms with Crippen molar-refractivity contribution in [3.63, 3.8) is 0 Å². The first-order chi connectivity index (χ1) is 16.5. The second-order valence-corrected chi connectivity index (χ2v) is 9.28. The molecule has 174 valence electrons. The van der Waals surface area contributed by atoms with Gasteiger partial charge in [0.1, 0.15) is 22.2 Å². The van der Waals surface area contributed by atoms with Gasteiger partial charge in [-0.15, -0.1) is 10.2 Å². The van der Waals surface area contributed by atoms with E-state index in [1.807, 2.05) is 24.3 Å². The maximum absolute atomic E-state index is 13.9. The monoisotopic (exact) mass is 479 g/mol. The summed E-state index contributed by atoms with van der Waals surface area (Å²) in [5.74, 6) is -0.483. The molecular weight excluding hydrogens is 457 g/mol. The highest BCUT2D eigenvalue weighted by molar-refractivity contribution is 7.15. The van der Waals surface area contributed by atoms with Gasteiger partial charge in [-0.2, -0.15) is 0 Å². The number of halogens is 1. The number of fused-ring (bicyclic) bond motifs is 2. The fraction of sp³-hybridized carbons (Fsp3) is 0.280. The van der Waals surface area contributed by atoms with Crippen LogP contribution >= 0.6 is 11.3 Å². The molecule has 4 aromatic rings. The van der Waals surface area contributed by atoms with E-state index >= 15 is 0 Å². The molecule has 0 aliphatic carbocycles. The second-order valence-electron chi connectivity index (χ2n) is 8.12. The van der Waals surface area contributed by atoms with Crippen molar-refractivity contribution in [1.29, 1.82) is 0 Å². The van der Waals surface area contributed by atoms with Crippen LogP contribution in [-0.4, -0.2) is 22.7 Å². The van der Waals surface area contributed by atoms with Crippen LogP contribution in [0.5, 0.6) is 5.75 Å². The third-order valence-corrected chi connectivity index (χ3v) is 6.58. The molecule has 1 aliphatic heterocycles. The smallest absolute Gasteiger partial charge is 0.297 e. The molecule has 7 nitrogen and oxygen atoms in total. The van der Waals surface area contributed by atoms with E-state index in [4.69, 9.17) is 9.15 Å². The van der Waals surface area contributed by atoms with Gasteiger partial charge in [-0.3, -0.25) is 14.5 Å². The molecule has 0 bridgehead atoms. The first-order valence-electron chi connectivity index (χ1n) is 11.1. The van der Waals surface area contributed by atoms with Crippen LogP contribution in [0.4, 0.5) is 9.52 Å². The Kier molecular flexibility index (Phi) is 5.87. The van der Waals surface area contributed by atoms with Gasteiger partial charge in [0.15, 0.2) is 5.43 Å². The van der Waals surface area contributed by atoms with Crippen LogP contribution in [0, 0.1) is 12.7 Å². The highest BCUT2D eigenvalue weighted by Gasteiger charge is 2.45. The zero-order valence-electron chi connectivity index (χ0n) is 18.7. The van der Waals surface area contributed by atoms with Crippen LogP contribution in [-0.2, 0) is 0 Å². The standard InChI is InChI=1S/C25H22FN3O4S/c1-3-4-5-11-32-17-8-6-7-15(12-17)21-20-22(30)18-13-16(26)9-10-19(18)33-23(20)24(31)29(21)25-28-27-14(2)34-25/h6-10,12-13,21H,3-5,11H2,1-2H3. The van der Waals surface area contributed by atoms with Gasteiger partial charge < -0.3 is 9.15 Å². The van der Waals surface area contributed by atoms with Crippen molar-refractivity contribution >= 4 is 33.3 Å². The summed E-state index contributed by atoms with van der Waals surface area (Å²) < 4.78 is 25.7. The number of aryl methyl sites for hydroxylation is 1. The minimum atomic E-state index is -0.807. The number of hydrogen-bond donors (Lipinski definition) is 0. The molecule has 0 saturated heterocycles. The van der Waals surface area contributed by atoms with Crippen LogP contribution in [0.3, 0.4) is 0 Å². The number of anilines is 1. The predicted molar refractivity (Wildman–Crippen MR) is 127 cm³/mol. The number of nitrogens with zero attached hydrogens (tertiary/aromatic N) is 3. The van der Waals surface area contributed by atoms with Gasteiger partial charge in [0, 0.05) is 0 Å². The van der Waals surface area contributed by atoms with E-state index < -0.39 is 23.2 Å². The van der Waals surface area contributed by atoms with Crippen molar-refractivity contribution in [3.05, 3.63) is 80.4 Å². The fourth-order valence-electron chi connectivity index (χ4n) is 4.16. The number of ether oxygens (including phenoxy) is 1. The van der Waals surface area contributed by atoms with Crippen LogP contribution < -0.4 is 15.1 Å². The van der Waals surface area contributed by atoms with Gasteiger partial charge in [0.25, 0.3) is 5.91 Å². The molecule has 34 heavy (non-hydrogen) atoms. The lowest BCUT2D eigenvalue weighted by atomic mass is 9.98. The zero-order valence-corrected chi connectivity index (χ0v) is 19.5. The Morgan fingerprint density at radius 3 is 2.76 bits per heavy atom. The predicted octanol–water partition coefficient (Wildman–Crippen LogP) is 5.41. The Morgan fingerprint density at radius 1 is 1.15 bits per heavy atom. The second kappa shape index (κ2) is 8.98. The first kappa shape index (κ1) is 22.2. The van der Waals surface area contributed by atoms with Crippen LogP contribution in [0.15, 0.2) is 51.7 Å². The molecule has 0 fully saturated rings. The van der Waals surface area contributed by atoms with E-state index in [1.165, 1.54) is 28.4 Å². The van der Waals surface area contributed by atoms with Gasteiger partial charge in [0.05, 0.1) is 23.6 Å². The summed E-state index contributed by atoms with van der Waals surface area (Å²) in [7, 11) is 0. The van der Waals surface area contributed by atoms with Crippen molar-refractivity contribution < 1.29 is 18.3 Å². The molecule has 0 radical (unpaired) electrons. The van der Waals surface area contributed by atoms with E-state index in [0.717, 1.165) is 25.3 Å². The topological polar surface area (TPSA) is 85.5 Å². The number of carbonyl (C=O) groups is 1. The number of benzene rings is 2. The summed E-state index contributed by atoms with van der Waals surface area (Å²) in [4.78, 5) is 28.5. The normalized spacial score (nSPS) is 15.2. The Balaban J connectivity index is 1.66. The molecule has 1 atom stereocenters. The van der Waals surface area contributed by atoms with Crippen LogP contribution in [0.25, 0.3) is 11.0 Å². The fourth-order valence-corrected chi connectivity index (χ4v) is 4.87. The molecule has 2 aromatic carbocycles. The largest absolute Gasteiger partial charge is 0.494 e. The average molecular weight is 480 g/mol. The molecule has 1 unspecified atom stereocenters. The summed E-state index contributed by atoms with van der Waals surface area (Å²) in [5, 5.41) is 9.30. The lowest BCUT2D eigenvalue weighted by Gasteiger charge is -2.22. The highest BCUT2D eigenvalue weighted by Crippen LogP contribution is 2.42. The van der Waals surface area contributed by atoms with E-state index in [9.17, 15) is 14.0 Å². The Hall–Kier alpha value is -3.59. The van der Waals surface area contributed by atoms with Gasteiger partial charge in [-0.1, -0.05) is 43.2 Å². The van der Waals surface area contributed by atoms with Crippen molar-refractivity contribution in [2.75, 3.05) is 11.5 Å². The van der Waals surface area contributed by atoms with E-state index in [2.05, 4.69) is 17.1 Å². The van der Waals surface area contributed by atoms with Gasteiger partial charge in [-0.25, -0.2) is 4.39 Å². The van der Waals surface area contributed by atoms with Crippen molar-refractivity contribution in [1.82, 2.24) is 10.2 Å². The summed E-state index contributed by atoms with van der Waals surface area (Å²) in [6.45, 7) is 4.48. The van der Waals surface area contributed by atoms with E-state index in [-0.39, 0.29) is 22.3 Å². The number of aromatic nitrogens is 2. The maximum atomic E-state index is 13.9. The van der Waals surface area contributed by atoms with Crippen molar-refractivity contribution in [2.24, 2.45) is 0 Å². The van der Waals surface area contributed by atoms with Gasteiger partial charge >= 0.3 is 0 Å². The molecule has 0 spiro atoms. The number of unbranched alkanes of at least 4 members (excludes halogenated alkanes) is 2. The minimum absolute atomic E-state index is 0.0729. The third kappa shape index (κ3) is 3.86. The summed E-state index contributed by atoms with van der Waals surface area (Å²) >= 11 is 1.24. The highest BCUT2D eigenvalue weighted by atomic mass is 32.1. The summed E-state index contributed by atoms with van der Waals surface area (Å²) in [5.41, 5.74) is 0.516. The lowest BCUT2D eigenvalue weighted by molar-refractivity contribution is 0.0970. The Bertz CT molecular complexity index is 1450. The molecule has 3 heterocycles. The van der Waals surface area contributed by atoms with Crippen LogP contribution in [0.1, 0.15) is 58.9 Å². The number of rotatable bonds is 7. The van der Waals surface area contributed by atoms with E-state index in [0.29, 0.717) is 28.1 Å². The molecular formula is C25H22FN3O4S. The maximum Gasteiger partial charge on any atom is 0.297 e. The SMILES string of the molecule is CCCCCOc1cccc(C2c3c(oc4ccc(F)cc4c3=O)C(=O)N2c2nnc(C)s2)c1. The average Bonchev–Trinajstić information content (AvgIpc) is 3.38. The van der Waals surface area contributed by atoms with Gasteiger partial charge in [0.2, 0.25) is 10.9 Å². The number of amides is 1. The van der Waals surface area contributed by atoms with Crippen molar-refractivity contribution in [3.8, 4) is 5.75 Å². The third-order valence-electron chi connectivity index (χ3n) is 5.74. The zero-order chi connectivity index (χ0) is 23.8. The first-order valence-corrected chi connectivity index (χ1v) is 11.9. The van der Waals surface area contributed by atoms with Crippen LogP contribution in [0.2, 0.25) is 0 Å². The van der Waals surface area contributed by atoms with Gasteiger partial charge in [-0.05, 0) is 49.2 Å².